The minimum atomic E-state index is -4.68. The van der Waals surface area contributed by atoms with Crippen LogP contribution in [0.1, 0.15) is 58.3 Å². The van der Waals surface area contributed by atoms with Gasteiger partial charge in [0.25, 0.3) is 5.91 Å². The molecule has 250 valence electrons. The Morgan fingerprint density at radius 1 is 1.08 bits per heavy atom. The van der Waals surface area contributed by atoms with E-state index in [1.165, 1.54) is 17.3 Å². The monoisotopic (exact) mass is 667 g/mol. The number of halogens is 3. The van der Waals surface area contributed by atoms with E-state index in [0.717, 1.165) is 32.4 Å². The van der Waals surface area contributed by atoms with Gasteiger partial charge in [-0.1, -0.05) is 0 Å². The van der Waals surface area contributed by atoms with Crippen molar-refractivity contribution in [2.75, 3.05) is 29.9 Å². The number of hydrogen-bond acceptors (Lipinski definition) is 9. The predicted molar refractivity (Wildman–Crippen MR) is 173 cm³/mol. The van der Waals surface area contributed by atoms with Crippen molar-refractivity contribution >= 4 is 17.5 Å². The number of aliphatic hydroxyl groups is 1. The van der Waals surface area contributed by atoms with Crippen molar-refractivity contribution < 1.29 is 23.1 Å². The predicted octanol–water partition coefficient (Wildman–Crippen LogP) is 5.27. The lowest BCUT2D eigenvalue weighted by atomic mass is 9.97. The highest BCUT2D eigenvalue weighted by Gasteiger charge is 2.48. The Labute approximate surface area is 280 Å². The van der Waals surface area contributed by atoms with Crippen molar-refractivity contribution in [1.82, 2.24) is 24.6 Å². The van der Waals surface area contributed by atoms with Crippen molar-refractivity contribution in [3.63, 3.8) is 0 Å². The van der Waals surface area contributed by atoms with E-state index < -0.39 is 23.8 Å². The number of aryl methyl sites for hydroxylation is 1. The fourth-order valence-electron chi connectivity index (χ4n) is 6.88. The van der Waals surface area contributed by atoms with Crippen molar-refractivity contribution in [3.05, 3.63) is 76.6 Å². The number of anilines is 2. The first-order valence-electron chi connectivity index (χ1n) is 15.9. The molecule has 0 radical (unpaired) electrons. The molecule has 2 aromatic carbocycles. The third-order valence-electron chi connectivity index (χ3n) is 9.63. The first kappa shape index (κ1) is 32.2. The van der Waals surface area contributed by atoms with Crippen LogP contribution in [0.3, 0.4) is 0 Å². The normalized spacial score (nSPS) is 17.2. The molecule has 1 saturated heterocycles. The number of benzene rings is 2. The van der Waals surface area contributed by atoms with Gasteiger partial charge in [-0.05, 0) is 95.9 Å². The number of nitrogens with one attached hydrogen (secondary N) is 1. The molecule has 7 rings (SSSR count). The van der Waals surface area contributed by atoms with Gasteiger partial charge >= 0.3 is 6.18 Å². The molecule has 0 bridgehead atoms. The Morgan fingerprint density at radius 2 is 1.90 bits per heavy atom. The maximum Gasteiger partial charge on any atom is 0.416 e. The number of fused-ring (bicyclic) bond motifs is 1. The zero-order chi connectivity index (χ0) is 34.5. The third kappa shape index (κ3) is 6.33. The summed E-state index contributed by atoms with van der Waals surface area (Å²) in [6, 6.07) is 15.0. The van der Waals surface area contributed by atoms with Gasteiger partial charge in [-0.3, -0.25) is 14.6 Å². The number of likely N-dealkylation sites (tertiary alicyclic amines) is 1. The van der Waals surface area contributed by atoms with Gasteiger partial charge in [0, 0.05) is 37.8 Å². The van der Waals surface area contributed by atoms with Gasteiger partial charge < -0.3 is 15.0 Å². The number of rotatable bonds is 9. The topological polar surface area (TPSA) is 147 Å². The van der Waals surface area contributed by atoms with Crippen molar-refractivity contribution in [2.45, 2.75) is 51.1 Å². The second-order valence-electron chi connectivity index (χ2n) is 13.2. The number of carbonyl (C=O) groups excluding carboxylic acids is 1. The molecule has 3 aliphatic rings. The van der Waals surface area contributed by atoms with E-state index >= 15 is 0 Å². The Hall–Kier alpha value is -5.31. The fraction of sp³-hybridized carbons (Fsp3) is 0.371. The zero-order valence-corrected chi connectivity index (χ0v) is 26.6. The van der Waals surface area contributed by atoms with Crippen LogP contribution in [-0.2, 0) is 26.3 Å². The minimum absolute atomic E-state index is 0.0115. The molecule has 2 aromatic heterocycles. The van der Waals surface area contributed by atoms with Gasteiger partial charge in [-0.25, -0.2) is 4.98 Å². The van der Waals surface area contributed by atoms with Crippen LogP contribution < -0.4 is 10.2 Å². The molecule has 1 spiro atoms. The van der Waals surface area contributed by atoms with Crippen LogP contribution >= 0.6 is 0 Å². The smallest absolute Gasteiger partial charge is 0.390 e. The van der Waals surface area contributed by atoms with E-state index in [9.17, 15) is 28.3 Å². The molecule has 11 nitrogen and oxygen atoms in total. The Morgan fingerprint density at radius 3 is 2.57 bits per heavy atom. The summed E-state index contributed by atoms with van der Waals surface area (Å²) in [5.74, 6) is 0.169. The van der Waals surface area contributed by atoms with Crippen LogP contribution in [0.5, 0.6) is 0 Å². The summed E-state index contributed by atoms with van der Waals surface area (Å²) in [5.41, 5.74) is 1.77. The van der Waals surface area contributed by atoms with Crippen molar-refractivity contribution in [2.24, 2.45) is 12.5 Å². The molecule has 4 aromatic rings. The average Bonchev–Trinajstić information content (AvgIpc) is 3.33. The largest absolute Gasteiger partial charge is 0.416 e. The Balaban J connectivity index is 1.30. The zero-order valence-electron chi connectivity index (χ0n) is 26.6. The van der Waals surface area contributed by atoms with E-state index in [1.54, 1.807) is 48.0 Å². The van der Waals surface area contributed by atoms with Crippen LogP contribution in [0.15, 0.2) is 48.8 Å². The molecule has 4 heterocycles. The number of aromatic nitrogens is 4. The second-order valence-corrected chi connectivity index (χ2v) is 13.2. The molecule has 2 N–H and O–H groups in total. The summed E-state index contributed by atoms with van der Waals surface area (Å²) in [5, 5.41) is 40.1. The molecular formula is C35H32F3N9O2. The summed E-state index contributed by atoms with van der Waals surface area (Å²) in [4.78, 5) is 22.0. The SMILES string of the molecule is Cn1cnnc1-c1ccc(C#N)cc1-c1cc(NC[C@@H](O)CC#N)nc(N2Cc3c(cc(CN4CCC5(CC5)C4)cc3C(F)(F)F)C2=O)c1. The van der Waals surface area contributed by atoms with Gasteiger partial charge in [0.2, 0.25) is 0 Å². The highest BCUT2D eigenvalue weighted by atomic mass is 19.4. The highest BCUT2D eigenvalue weighted by molar-refractivity contribution is 6.10. The number of alkyl halides is 3. The number of carbonyl (C=O) groups is 1. The van der Waals surface area contributed by atoms with Crippen LogP contribution in [0.2, 0.25) is 0 Å². The van der Waals surface area contributed by atoms with Crippen molar-refractivity contribution in [3.8, 4) is 34.7 Å². The first-order valence-corrected chi connectivity index (χ1v) is 15.9. The molecule has 1 amide bonds. The lowest BCUT2D eigenvalue weighted by Crippen LogP contribution is -2.25. The standard InChI is InChI=1S/C35H32F3N9O2/c1-45-20-42-44-32(45)25-3-2-21(15-40)10-26(25)23-13-30(41-16-24(48)4-8-39)43-31(14-23)47-18-28-27(33(47)49)11-22(12-29(28)35(36,37)38)17-46-9-7-34(19-46)5-6-34/h2-3,10-14,20,24,48H,4-7,9,16-19H2,1H3,(H,41,43)/t24-/m0/s1. The lowest BCUT2D eigenvalue weighted by Gasteiger charge is -2.20. The van der Waals surface area contributed by atoms with Crippen LogP contribution in [0.4, 0.5) is 24.8 Å². The number of amides is 1. The second kappa shape index (κ2) is 12.3. The van der Waals surface area contributed by atoms with Gasteiger partial charge in [0.05, 0.1) is 42.3 Å². The molecule has 2 aliphatic heterocycles. The minimum Gasteiger partial charge on any atom is -0.390 e. The quantitative estimate of drug-likeness (QED) is 0.244. The summed E-state index contributed by atoms with van der Waals surface area (Å²) < 4.78 is 45.3. The number of aliphatic hydroxyl groups excluding tert-OH is 1. The van der Waals surface area contributed by atoms with Crippen LogP contribution in [0.25, 0.3) is 22.5 Å². The fourth-order valence-corrected chi connectivity index (χ4v) is 6.88. The summed E-state index contributed by atoms with van der Waals surface area (Å²) >= 11 is 0. The molecular weight excluding hydrogens is 635 g/mol. The highest BCUT2D eigenvalue weighted by Crippen LogP contribution is 2.53. The first-order chi connectivity index (χ1) is 23.5. The Bertz CT molecular complexity index is 2040. The summed E-state index contributed by atoms with van der Waals surface area (Å²) in [6.45, 7) is 1.60. The van der Waals surface area contributed by atoms with Gasteiger partial charge in [-0.15, -0.1) is 10.2 Å². The molecule has 49 heavy (non-hydrogen) atoms. The van der Waals surface area contributed by atoms with Gasteiger partial charge in [0.15, 0.2) is 5.82 Å². The number of nitriles is 2. The van der Waals surface area contributed by atoms with Crippen LogP contribution in [-0.4, -0.2) is 61.4 Å². The third-order valence-corrected chi connectivity index (χ3v) is 9.63. The summed E-state index contributed by atoms with van der Waals surface area (Å²) in [7, 11) is 1.76. The average molecular weight is 668 g/mol. The molecule has 1 aliphatic carbocycles. The molecule has 14 heteroatoms. The lowest BCUT2D eigenvalue weighted by molar-refractivity contribution is -0.138. The summed E-state index contributed by atoms with van der Waals surface area (Å²) in [6.07, 6.45) is -0.975. The van der Waals surface area contributed by atoms with Crippen LogP contribution in [0, 0.1) is 28.1 Å². The van der Waals surface area contributed by atoms with Crippen molar-refractivity contribution in [1.29, 1.82) is 10.5 Å². The van der Waals surface area contributed by atoms with E-state index in [0.29, 0.717) is 45.6 Å². The van der Waals surface area contributed by atoms with E-state index in [2.05, 4.69) is 31.5 Å². The maximum atomic E-state index is 14.5. The van der Waals surface area contributed by atoms with E-state index in [-0.39, 0.29) is 42.3 Å². The Kier molecular flexibility index (Phi) is 8.09. The molecule has 1 saturated carbocycles. The van der Waals surface area contributed by atoms with Gasteiger partial charge in [-0.2, -0.15) is 23.7 Å². The molecule has 1 atom stereocenters. The number of nitrogens with zero attached hydrogens (tertiary/aromatic N) is 8. The number of hydrogen-bond donors (Lipinski definition) is 2. The molecule has 0 unspecified atom stereocenters. The number of pyridine rings is 1. The van der Waals surface area contributed by atoms with E-state index in [4.69, 9.17) is 5.26 Å². The van der Waals surface area contributed by atoms with E-state index in [1.807, 2.05) is 6.07 Å². The van der Waals surface area contributed by atoms with Gasteiger partial charge in [0.1, 0.15) is 18.0 Å². The molecule has 2 fully saturated rings. The maximum absolute atomic E-state index is 14.5.